The summed E-state index contributed by atoms with van der Waals surface area (Å²) < 4.78 is 0. The number of fused-ring (bicyclic) bond motifs is 4. The third-order valence-electron chi connectivity index (χ3n) is 8.10. The molecule has 0 saturated heterocycles. The van der Waals surface area contributed by atoms with Gasteiger partial charge in [-0.15, -0.1) is 0 Å². The molecule has 0 unspecified atom stereocenters. The standard InChI is InChI=1S/C30H30BNSi/c1-21-13-12-15-23-29(21)32(26-18-9-6-14-22(26)30(23,2)3)31-24-16-7-10-19-27(24)33(4,5)28-20-11-8-17-25(28)31/h6-20H,1-5H3. The number of rotatable bonds is 1. The Morgan fingerprint density at radius 1 is 0.667 bits per heavy atom. The summed E-state index contributed by atoms with van der Waals surface area (Å²) in [6.45, 7) is 12.2. The Morgan fingerprint density at radius 3 is 1.88 bits per heavy atom. The summed E-state index contributed by atoms with van der Waals surface area (Å²) in [5.74, 6) is 0. The minimum Gasteiger partial charge on any atom is -0.376 e. The zero-order valence-corrected chi connectivity index (χ0v) is 21.2. The molecule has 0 radical (unpaired) electrons. The van der Waals surface area contributed by atoms with Gasteiger partial charge in [-0.1, -0.05) is 133 Å². The van der Waals surface area contributed by atoms with Crippen molar-refractivity contribution in [1.29, 1.82) is 0 Å². The van der Waals surface area contributed by atoms with Crippen molar-refractivity contribution in [2.24, 2.45) is 0 Å². The van der Waals surface area contributed by atoms with Gasteiger partial charge in [-0.3, -0.25) is 0 Å². The van der Waals surface area contributed by atoms with E-state index in [1.165, 1.54) is 39.0 Å². The third kappa shape index (κ3) is 2.72. The molecule has 2 aliphatic heterocycles. The normalized spacial score (nSPS) is 17.0. The highest BCUT2D eigenvalue weighted by molar-refractivity contribution is 7.11. The van der Waals surface area contributed by atoms with Gasteiger partial charge in [0.25, 0.3) is 0 Å². The lowest BCUT2D eigenvalue weighted by molar-refractivity contribution is 0.633. The Balaban J connectivity index is 1.73. The first-order valence-electron chi connectivity index (χ1n) is 12.0. The average molecular weight is 443 g/mol. The molecule has 0 aromatic heterocycles. The smallest absolute Gasteiger partial charge is 0.327 e. The minimum atomic E-state index is -1.79. The fraction of sp³-hybridized carbons (Fsp3) is 0.200. The molecule has 0 saturated carbocycles. The zero-order chi connectivity index (χ0) is 23.0. The molecule has 0 aliphatic carbocycles. The van der Waals surface area contributed by atoms with Gasteiger partial charge in [0.05, 0.1) is 0 Å². The Bertz CT molecular complexity index is 1350. The van der Waals surface area contributed by atoms with Crippen LogP contribution in [0.1, 0.15) is 30.5 Å². The first-order valence-corrected chi connectivity index (χ1v) is 15.0. The largest absolute Gasteiger partial charge is 0.376 e. The Hall–Kier alpha value is -3.04. The van der Waals surface area contributed by atoms with E-state index >= 15 is 0 Å². The van der Waals surface area contributed by atoms with Crippen LogP contribution < -0.4 is 26.1 Å². The van der Waals surface area contributed by atoms with E-state index in [9.17, 15) is 0 Å². The molecule has 0 amide bonds. The molecule has 4 aromatic rings. The van der Waals surface area contributed by atoms with Crippen molar-refractivity contribution in [3.8, 4) is 0 Å². The van der Waals surface area contributed by atoms with Crippen LogP contribution in [0.2, 0.25) is 13.1 Å². The number of nitrogens with zero attached hydrogens (tertiary/aromatic N) is 1. The van der Waals surface area contributed by atoms with Crippen molar-refractivity contribution in [2.75, 3.05) is 4.81 Å². The molecule has 0 atom stereocenters. The molecule has 2 heterocycles. The summed E-state index contributed by atoms with van der Waals surface area (Å²) >= 11 is 0. The van der Waals surface area contributed by atoms with E-state index in [4.69, 9.17) is 0 Å². The molecule has 2 aliphatic rings. The summed E-state index contributed by atoms with van der Waals surface area (Å²) in [5, 5.41) is 3.12. The van der Waals surface area contributed by atoms with E-state index in [2.05, 4.69) is 130 Å². The van der Waals surface area contributed by atoms with E-state index in [0.717, 1.165) is 0 Å². The van der Waals surface area contributed by atoms with Crippen LogP contribution >= 0.6 is 0 Å². The maximum atomic E-state index is 2.66. The topological polar surface area (TPSA) is 3.24 Å². The molecule has 0 bridgehead atoms. The highest BCUT2D eigenvalue weighted by Crippen LogP contribution is 2.50. The van der Waals surface area contributed by atoms with Crippen LogP contribution in [0, 0.1) is 6.92 Å². The highest BCUT2D eigenvalue weighted by atomic mass is 28.3. The Kier molecular flexibility index (Phi) is 4.35. The Labute approximate surface area is 199 Å². The van der Waals surface area contributed by atoms with Crippen molar-refractivity contribution in [1.82, 2.24) is 0 Å². The maximum absolute atomic E-state index is 2.66. The third-order valence-corrected chi connectivity index (χ3v) is 11.7. The van der Waals surface area contributed by atoms with Crippen LogP contribution in [0.4, 0.5) is 11.4 Å². The number of aryl methyl sites for hydroxylation is 1. The molecule has 6 rings (SSSR count). The molecule has 3 heteroatoms. The van der Waals surface area contributed by atoms with Gasteiger partial charge < -0.3 is 4.81 Å². The van der Waals surface area contributed by atoms with E-state index in [1.54, 1.807) is 10.4 Å². The van der Waals surface area contributed by atoms with E-state index in [-0.39, 0.29) is 12.3 Å². The van der Waals surface area contributed by atoms with Crippen LogP contribution in [0.5, 0.6) is 0 Å². The van der Waals surface area contributed by atoms with Gasteiger partial charge in [0.1, 0.15) is 8.07 Å². The van der Waals surface area contributed by atoms with Crippen molar-refractivity contribution in [2.45, 2.75) is 39.3 Å². The first kappa shape index (κ1) is 20.6. The summed E-state index contributed by atoms with van der Waals surface area (Å²) in [5.41, 5.74) is 9.76. The number of benzene rings is 4. The second-order valence-electron chi connectivity index (χ2n) is 10.7. The molecule has 0 fully saturated rings. The molecule has 0 N–H and O–H groups in total. The second kappa shape index (κ2) is 6.98. The van der Waals surface area contributed by atoms with Gasteiger partial charge >= 0.3 is 6.85 Å². The van der Waals surface area contributed by atoms with Gasteiger partial charge in [-0.25, -0.2) is 0 Å². The van der Waals surface area contributed by atoms with Crippen molar-refractivity contribution < 1.29 is 0 Å². The summed E-state index contributed by atoms with van der Waals surface area (Å²) in [7, 11) is -1.79. The lowest BCUT2D eigenvalue weighted by Crippen LogP contribution is -2.77. The number of anilines is 2. The molecule has 0 spiro atoms. The number of hydrogen-bond donors (Lipinski definition) is 0. The maximum Gasteiger partial charge on any atom is 0.327 e. The van der Waals surface area contributed by atoms with Crippen LogP contribution in [0.15, 0.2) is 91.0 Å². The SMILES string of the molecule is Cc1cccc2c1N(B1c3ccccc3[Si](C)(C)c3ccccc31)c1ccccc1C2(C)C. The predicted octanol–water partition coefficient (Wildman–Crippen LogP) is 4.71. The summed E-state index contributed by atoms with van der Waals surface area (Å²) in [4.78, 5) is 2.66. The van der Waals surface area contributed by atoms with Gasteiger partial charge in [0.2, 0.25) is 0 Å². The predicted molar refractivity (Wildman–Crippen MR) is 147 cm³/mol. The van der Waals surface area contributed by atoms with E-state index < -0.39 is 8.07 Å². The average Bonchev–Trinajstić information content (AvgIpc) is 2.82. The van der Waals surface area contributed by atoms with Crippen LogP contribution in [-0.2, 0) is 5.41 Å². The Morgan fingerprint density at radius 2 is 1.21 bits per heavy atom. The molecular weight excluding hydrogens is 413 g/mol. The monoisotopic (exact) mass is 443 g/mol. The summed E-state index contributed by atoms with van der Waals surface area (Å²) in [6, 6.07) is 34.3. The second-order valence-corrected chi connectivity index (χ2v) is 15.0. The van der Waals surface area contributed by atoms with Gasteiger partial charge in [0, 0.05) is 16.8 Å². The fourth-order valence-corrected chi connectivity index (χ4v) is 9.63. The van der Waals surface area contributed by atoms with Crippen molar-refractivity contribution in [3.63, 3.8) is 0 Å². The van der Waals surface area contributed by atoms with Gasteiger partial charge in [-0.05, 0) is 29.7 Å². The minimum absolute atomic E-state index is 0.0455. The number of para-hydroxylation sites is 2. The van der Waals surface area contributed by atoms with Gasteiger partial charge in [0.15, 0.2) is 0 Å². The fourth-order valence-electron chi connectivity index (χ4n) is 6.43. The van der Waals surface area contributed by atoms with E-state index in [0.29, 0.717) is 0 Å². The molecular formula is C30H30BNSi. The molecule has 162 valence electrons. The van der Waals surface area contributed by atoms with Crippen LogP contribution in [0.25, 0.3) is 0 Å². The lowest BCUT2D eigenvalue weighted by atomic mass is 9.47. The molecule has 4 aromatic carbocycles. The quantitative estimate of drug-likeness (QED) is 0.385. The van der Waals surface area contributed by atoms with Gasteiger partial charge in [-0.2, -0.15) is 0 Å². The molecule has 33 heavy (non-hydrogen) atoms. The van der Waals surface area contributed by atoms with E-state index in [1.807, 2.05) is 0 Å². The lowest BCUT2D eigenvalue weighted by Gasteiger charge is -2.48. The number of hydrogen-bond acceptors (Lipinski definition) is 1. The summed E-state index contributed by atoms with van der Waals surface area (Å²) in [6.07, 6.45) is 0. The van der Waals surface area contributed by atoms with Crippen LogP contribution in [0.3, 0.4) is 0 Å². The molecule has 1 nitrogen and oxygen atoms in total. The zero-order valence-electron chi connectivity index (χ0n) is 20.2. The first-order chi connectivity index (χ1) is 15.8. The van der Waals surface area contributed by atoms with Crippen molar-refractivity contribution in [3.05, 3.63) is 108 Å². The highest BCUT2D eigenvalue weighted by Gasteiger charge is 2.47. The van der Waals surface area contributed by atoms with Crippen molar-refractivity contribution >= 4 is 47.6 Å². The van der Waals surface area contributed by atoms with Crippen LogP contribution in [-0.4, -0.2) is 14.9 Å².